The zero-order chi connectivity index (χ0) is 19.6. The Morgan fingerprint density at radius 2 is 1.68 bits per heavy atom. The molecule has 0 unspecified atom stereocenters. The summed E-state index contributed by atoms with van der Waals surface area (Å²) >= 11 is 0. The van der Waals surface area contributed by atoms with Gasteiger partial charge in [0.1, 0.15) is 18.3 Å². The monoisotopic (exact) mass is 391 g/mol. The van der Waals surface area contributed by atoms with Gasteiger partial charge in [-0.1, -0.05) is 13.3 Å². The second kappa shape index (κ2) is 6.98. The molecule has 5 rings (SSSR count). The molecule has 0 amide bonds. The summed E-state index contributed by atoms with van der Waals surface area (Å²) in [4.78, 5) is 26.8. The lowest BCUT2D eigenvalue weighted by atomic mass is 9.76. The molecule has 0 radical (unpaired) electrons. The largest absolute Gasteiger partial charge is 0.460 e. The summed E-state index contributed by atoms with van der Waals surface area (Å²) in [5.41, 5.74) is 0. The van der Waals surface area contributed by atoms with Crippen LogP contribution in [0.3, 0.4) is 0 Å². The summed E-state index contributed by atoms with van der Waals surface area (Å²) in [5, 5.41) is 0. The molecule has 0 aliphatic carbocycles. The van der Waals surface area contributed by atoms with Gasteiger partial charge in [-0.3, -0.25) is 14.5 Å². The summed E-state index contributed by atoms with van der Waals surface area (Å²) in [7, 11) is 0. The number of hydrogen-bond acceptors (Lipinski definition) is 6. The first-order valence-electron chi connectivity index (χ1n) is 11.3. The molecule has 28 heavy (non-hydrogen) atoms. The van der Waals surface area contributed by atoms with E-state index in [9.17, 15) is 9.59 Å². The van der Waals surface area contributed by atoms with Crippen LogP contribution in [0.5, 0.6) is 0 Å². The van der Waals surface area contributed by atoms with Crippen LogP contribution in [0.15, 0.2) is 0 Å². The molecule has 6 nitrogen and oxygen atoms in total. The van der Waals surface area contributed by atoms with Gasteiger partial charge in [0.05, 0.1) is 17.9 Å². The van der Waals surface area contributed by atoms with E-state index in [1.807, 2.05) is 13.8 Å². The Balaban J connectivity index is 1.38. The smallest absolute Gasteiger partial charge is 0.311 e. The van der Waals surface area contributed by atoms with Crippen molar-refractivity contribution in [3.63, 3.8) is 0 Å². The molecule has 5 aliphatic rings. The molecule has 10 atom stereocenters. The predicted octanol–water partition coefficient (Wildman–Crippen LogP) is 2.54. The standard InChI is InChI=1S/C22H33NO5/c1-11-10-17(27-21(11)24)16-8-7-15-14(6-4-5-9-23(15)16)18-13(3)26-19-12(2)22(25)28-20(18)19/h11-20H,4-10H2,1-3H3/t11-,12+,13-,14+,15+,16-,17+,18+,19+,20+/m1/s1. The highest BCUT2D eigenvalue weighted by molar-refractivity contribution is 5.75. The first-order valence-corrected chi connectivity index (χ1v) is 11.3. The SMILES string of the molecule is C[C@@H]1C[C@@H]([C@H]2CC[C@H]3[C@@H]([C@H]4[C@@H]5OC(=O)[C@@H](C)[C@@H]5O[C@@H]4C)CCCCN23)OC1=O. The highest BCUT2D eigenvalue weighted by Gasteiger charge is 2.58. The van der Waals surface area contributed by atoms with E-state index in [0.29, 0.717) is 18.0 Å². The van der Waals surface area contributed by atoms with Gasteiger partial charge in [-0.15, -0.1) is 0 Å². The van der Waals surface area contributed by atoms with Crippen LogP contribution in [-0.2, 0) is 23.8 Å². The fourth-order valence-electron chi connectivity index (χ4n) is 6.84. The molecule has 0 aromatic heterocycles. The maximum atomic E-state index is 12.1. The maximum absolute atomic E-state index is 12.1. The van der Waals surface area contributed by atoms with E-state index in [1.165, 1.54) is 19.3 Å². The van der Waals surface area contributed by atoms with E-state index >= 15 is 0 Å². The highest BCUT2D eigenvalue weighted by atomic mass is 16.6. The van der Waals surface area contributed by atoms with Crippen LogP contribution >= 0.6 is 0 Å². The molecule has 6 heteroatoms. The van der Waals surface area contributed by atoms with Gasteiger partial charge in [-0.2, -0.15) is 0 Å². The lowest BCUT2D eigenvalue weighted by Crippen LogP contribution is -2.48. The Bertz CT molecular complexity index is 653. The number of rotatable bonds is 2. The van der Waals surface area contributed by atoms with E-state index in [0.717, 1.165) is 25.8 Å². The van der Waals surface area contributed by atoms with Crippen LogP contribution in [-0.4, -0.2) is 59.9 Å². The first kappa shape index (κ1) is 18.9. The molecule has 5 aliphatic heterocycles. The third-order valence-corrected chi connectivity index (χ3v) is 8.22. The zero-order valence-corrected chi connectivity index (χ0v) is 17.2. The van der Waals surface area contributed by atoms with Gasteiger partial charge in [-0.25, -0.2) is 0 Å². The van der Waals surface area contributed by atoms with Gasteiger partial charge < -0.3 is 14.2 Å². The molecule has 5 saturated heterocycles. The number of fused-ring (bicyclic) bond motifs is 2. The average molecular weight is 392 g/mol. The molecule has 0 saturated carbocycles. The van der Waals surface area contributed by atoms with Crippen molar-refractivity contribution >= 4 is 11.9 Å². The van der Waals surface area contributed by atoms with E-state index < -0.39 is 0 Å². The van der Waals surface area contributed by atoms with Crippen LogP contribution in [0.1, 0.15) is 59.3 Å². The zero-order valence-electron chi connectivity index (χ0n) is 17.2. The molecule has 5 heterocycles. The van der Waals surface area contributed by atoms with Gasteiger partial charge >= 0.3 is 11.9 Å². The molecule has 156 valence electrons. The Morgan fingerprint density at radius 1 is 0.893 bits per heavy atom. The minimum Gasteiger partial charge on any atom is -0.460 e. The predicted molar refractivity (Wildman–Crippen MR) is 101 cm³/mol. The number of carbonyl (C=O) groups excluding carboxylic acids is 2. The van der Waals surface area contributed by atoms with Crippen LogP contribution in [0.4, 0.5) is 0 Å². The summed E-state index contributed by atoms with van der Waals surface area (Å²) in [6, 6.07) is 0.824. The van der Waals surface area contributed by atoms with Gasteiger partial charge in [-0.05, 0) is 58.4 Å². The Morgan fingerprint density at radius 3 is 2.43 bits per heavy atom. The minimum absolute atomic E-state index is 0.0234. The lowest BCUT2D eigenvalue weighted by Gasteiger charge is -2.38. The third kappa shape index (κ3) is 2.82. The third-order valence-electron chi connectivity index (χ3n) is 8.22. The van der Waals surface area contributed by atoms with Crippen molar-refractivity contribution in [3.05, 3.63) is 0 Å². The van der Waals surface area contributed by atoms with E-state index in [-0.39, 0.29) is 54.1 Å². The van der Waals surface area contributed by atoms with E-state index in [2.05, 4.69) is 11.8 Å². The molecule has 5 fully saturated rings. The van der Waals surface area contributed by atoms with E-state index in [4.69, 9.17) is 14.2 Å². The summed E-state index contributed by atoms with van der Waals surface area (Å²) in [6.07, 6.45) is 6.63. The number of nitrogens with zero attached hydrogens (tertiary/aromatic N) is 1. The average Bonchev–Trinajstić information content (AvgIpc) is 3.33. The Hall–Kier alpha value is -1.14. The van der Waals surface area contributed by atoms with Crippen molar-refractivity contribution in [2.75, 3.05) is 6.54 Å². The van der Waals surface area contributed by atoms with Crippen molar-refractivity contribution in [2.45, 2.75) is 95.8 Å². The number of ether oxygens (including phenoxy) is 3. The number of hydrogen-bond donors (Lipinski definition) is 0. The van der Waals surface area contributed by atoms with E-state index in [1.54, 1.807) is 0 Å². The number of esters is 2. The summed E-state index contributed by atoms with van der Waals surface area (Å²) in [6.45, 7) is 7.15. The van der Waals surface area contributed by atoms with Gasteiger partial charge in [0.15, 0.2) is 0 Å². The van der Waals surface area contributed by atoms with Crippen molar-refractivity contribution in [1.29, 1.82) is 0 Å². The number of cyclic esters (lactones) is 1. The van der Waals surface area contributed by atoms with Crippen molar-refractivity contribution < 1.29 is 23.8 Å². The molecular weight excluding hydrogens is 358 g/mol. The fourth-order valence-corrected chi connectivity index (χ4v) is 6.84. The first-order chi connectivity index (χ1) is 13.5. The van der Waals surface area contributed by atoms with Crippen LogP contribution < -0.4 is 0 Å². The topological polar surface area (TPSA) is 65.1 Å². The number of carbonyl (C=O) groups is 2. The summed E-state index contributed by atoms with van der Waals surface area (Å²) < 4.78 is 17.8. The maximum Gasteiger partial charge on any atom is 0.311 e. The second-order valence-corrected chi connectivity index (χ2v) is 9.79. The van der Waals surface area contributed by atoms with Gasteiger partial charge in [0.2, 0.25) is 0 Å². The second-order valence-electron chi connectivity index (χ2n) is 9.79. The molecule has 0 aromatic rings. The highest BCUT2D eigenvalue weighted by Crippen LogP contribution is 2.49. The lowest BCUT2D eigenvalue weighted by molar-refractivity contribution is -0.147. The van der Waals surface area contributed by atoms with Gasteiger partial charge in [0, 0.05) is 18.0 Å². The normalized spacial score (nSPS) is 51.5. The Labute approximate surface area is 167 Å². The Kier molecular flexibility index (Phi) is 4.70. The minimum atomic E-state index is -0.157. The molecule has 0 spiro atoms. The van der Waals surface area contributed by atoms with Crippen molar-refractivity contribution in [2.24, 2.45) is 23.7 Å². The fraction of sp³-hybridized carbons (Fsp3) is 0.909. The molecular formula is C22H33NO5. The summed E-state index contributed by atoms with van der Waals surface area (Å²) in [5.74, 6) is 0.476. The van der Waals surface area contributed by atoms with Crippen LogP contribution in [0.25, 0.3) is 0 Å². The van der Waals surface area contributed by atoms with Gasteiger partial charge in [0.25, 0.3) is 0 Å². The van der Waals surface area contributed by atoms with Crippen molar-refractivity contribution in [3.8, 4) is 0 Å². The molecule has 0 bridgehead atoms. The van der Waals surface area contributed by atoms with Crippen molar-refractivity contribution in [1.82, 2.24) is 4.90 Å². The van der Waals surface area contributed by atoms with Crippen LogP contribution in [0.2, 0.25) is 0 Å². The molecule has 0 aromatic carbocycles. The quantitative estimate of drug-likeness (QED) is 0.674. The molecule has 0 N–H and O–H groups in total. The van der Waals surface area contributed by atoms with Crippen LogP contribution in [0, 0.1) is 23.7 Å².